The third-order valence-electron chi connectivity index (χ3n) is 11.0. The Hall–Kier alpha value is -5.31. The summed E-state index contributed by atoms with van der Waals surface area (Å²) in [5.41, 5.74) is 2.42. The summed E-state index contributed by atoms with van der Waals surface area (Å²) in [5, 5.41) is 5.10. The van der Waals surface area contributed by atoms with E-state index in [2.05, 4.69) is 32.7 Å². The van der Waals surface area contributed by atoms with Crippen LogP contribution in [0.25, 0.3) is 5.65 Å². The Bertz CT molecular complexity index is 2090. The molecule has 3 aromatic heterocycles. The third-order valence-corrected chi connectivity index (χ3v) is 11.0. The molecule has 1 aromatic carbocycles. The Morgan fingerprint density at radius 3 is 2.29 bits per heavy atom. The van der Waals surface area contributed by atoms with Gasteiger partial charge in [0.1, 0.15) is 28.5 Å². The SMILES string of the molecule is CC(C)Oc1cc2nc(C3CCN(CCC(=O)N4CCC(c5ccc(C6CCC(=O)NC6=O)cc5)CC4)CC3)cn2cc1NC(=O)c1cccc(C(F)(F)F)n1. The fraction of sp³-hybridized carbons (Fsp3) is 0.463. The fourth-order valence-corrected chi connectivity index (χ4v) is 7.92. The van der Waals surface area contributed by atoms with Gasteiger partial charge in [-0.25, -0.2) is 9.97 Å². The Balaban J connectivity index is 0.894. The van der Waals surface area contributed by atoms with Crippen molar-refractivity contribution >= 4 is 35.0 Å². The molecule has 3 fully saturated rings. The highest BCUT2D eigenvalue weighted by Crippen LogP contribution is 2.34. The predicted octanol–water partition coefficient (Wildman–Crippen LogP) is 6.28. The number of carbonyl (C=O) groups excluding carboxylic acids is 4. The lowest BCUT2D eigenvalue weighted by Gasteiger charge is -2.34. The summed E-state index contributed by atoms with van der Waals surface area (Å²) in [7, 11) is 0. The molecule has 12 nitrogen and oxygen atoms in total. The van der Waals surface area contributed by atoms with E-state index in [4.69, 9.17) is 9.72 Å². The molecule has 0 bridgehead atoms. The number of carbonyl (C=O) groups is 4. The van der Waals surface area contributed by atoms with Gasteiger partial charge in [0.2, 0.25) is 17.7 Å². The molecule has 2 N–H and O–H groups in total. The number of pyridine rings is 2. The van der Waals surface area contributed by atoms with Gasteiger partial charge in [-0.2, -0.15) is 13.2 Å². The molecular weight excluding hydrogens is 727 g/mol. The molecule has 4 amide bonds. The van der Waals surface area contributed by atoms with Gasteiger partial charge in [-0.1, -0.05) is 30.3 Å². The zero-order chi connectivity index (χ0) is 39.6. The summed E-state index contributed by atoms with van der Waals surface area (Å²) in [6.45, 7) is 7.45. The molecule has 6 heterocycles. The van der Waals surface area contributed by atoms with Crippen LogP contribution in [0.2, 0.25) is 0 Å². The second-order valence-electron chi connectivity index (χ2n) is 15.2. The van der Waals surface area contributed by atoms with Gasteiger partial charge < -0.3 is 24.3 Å². The highest BCUT2D eigenvalue weighted by Gasteiger charge is 2.33. The molecule has 296 valence electrons. The highest BCUT2D eigenvalue weighted by atomic mass is 19.4. The van der Waals surface area contributed by atoms with Gasteiger partial charge in [0.25, 0.3) is 5.91 Å². The van der Waals surface area contributed by atoms with Crippen molar-refractivity contribution in [1.29, 1.82) is 0 Å². The molecule has 0 spiro atoms. The summed E-state index contributed by atoms with van der Waals surface area (Å²) in [6, 6.07) is 13.0. The van der Waals surface area contributed by atoms with Gasteiger partial charge in [-0.15, -0.1) is 0 Å². The maximum absolute atomic E-state index is 13.2. The van der Waals surface area contributed by atoms with Gasteiger partial charge in [0, 0.05) is 56.9 Å². The number of nitrogens with one attached hydrogen (secondary N) is 2. The molecule has 1 atom stereocenters. The quantitative estimate of drug-likeness (QED) is 0.180. The number of fused-ring (bicyclic) bond motifs is 1. The summed E-state index contributed by atoms with van der Waals surface area (Å²) in [5.74, 6) is -0.470. The first-order valence-corrected chi connectivity index (χ1v) is 19.3. The van der Waals surface area contributed by atoms with Crippen LogP contribution in [0.15, 0.2) is 60.9 Å². The van der Waals surface area contributed by atoms with E-state index in [0.717, 1.165) is 62.2 Å². The van der Waals surface area contributed by atoms with Crippen LogP contribution in [0.5, 0.6) is 5.75 Å². The van der Waals surface area contributed by atoms with Crippen molar-refractivity contribution in [2.45, 2.75) is 88.8 Å². The Labute approximate surface area is 322 Å². The van der Waals surface area contributed by atoms with Crippen molar-refractivity contribution < 1.29 is 37.1 Å². The zero-order valence-electron chi connectivity index (χ0n) is 31.5. The van der Waals surface area contributed by atoms with Crippen molar-refractivity contribution in [2.24, 2.45) is 0 Å². The molecule has 0 aliphatic carbocycles. The van der Waals surface area contributed by atoms with Crippen LogP contribution in [0.4, 0.5) is 18.9 Å². The van der Waals surface area contributed by atoms with E-state index in [1.807, 2.05) is 37.1 Å². The number of hydrogen-bond donors (Lipinski definition) is 2. The molecule has 15 heteroatoms. The summed E-state index contributed by atoms with van der Waals surface area (Å²) in [4.78, 5) is 62.6. The number of likely N-dealkylation sites (tertiary alicyclic amines) is 2. The number of ether oxygens (including phenoxy) is 1. The van der Waals surface area contributed by atoms with Crippen molar-refractivity contribution in [1.82, 2.24) is 29.5 Å². The van der Waals surface area contributed by atoms with Crippen LogP contribution in [0.3, 0.4) is 0 Å². The van der Waals surface area contributed by atoms with Crippen LogP contribution in [-0.4, -0.2) is 86.6 Å². The first kappa shape index (κ1) is 38.9. The molecule has 7 rings (SSSR count). The molecule has 1 unspecified atom stereocenters. The van der Waals surface area contributed by atoms with E-state index in [-0.39, 0.29) is 47.0 Å². The average Bonchev–Trinajstić information content (AvgIpc) is 3.59. The Morgan fingerprint density at radius 1 is 0.911 bits per heavy atom. The lowest BCUT2D eigenvalue weighted by molar-refractivity contribution is -0.141. The van der Waals surface area contributed by atoms with Gasteiger partial charge in [0.05, 0.1) is 17.7 Å². The largest absolute Gasteiger partial charge is 0.489 e. The second-order valence-corrected chi connectivity index (χ2v) is 15.2. The molecule has 3 saturated heterocycles. The number of piperidine rings is 3. The molecule has 56 heavy (non-hydrogen) atoms. The van der Waals surface area contributed by atoms with Gasteiger partial charge in [0.15, 0.2) is 0 Å². The van der Waals surface area contributed by atoms with Gasteiger partial charge in [-0.3, -0.25) is 24.5 Å². The lowest BCUT2D eigenvalue weighted by Crippen LogP contribution is -2.41. The number of halogens is 3. The van der Waals surface area contributed by atoms with Crippen LogP contribution in [0.1, 0.15) is 110 Å². The normalized spacial score (nSPS) is 19.0. The summed E-state index contributed by atoms with van der Waals surface area (Å²) < 4.78 is 47.4. The summed E-state index contributed by atoms with van der Waals surface area (Å²) >= 11 is 0. The van der Waals surface area contributed by atoms with E-state index in [9.17, 15) is 32.3 Å². The van der Waals surface area contributed by atoms with Crippen LogP contribution in [-0.2, 0) is 20.6 Å². The van der Waals surface area contributed by atoms with Gasteiger partial charge >= 0.3 is 6.18 Å². The van der Waals surface area contributed by atoms with E-state index in [0.29, 0.717) is 56.2 Å². The number of imidazole rings is 1. The van der Waals surface area contributed by atoms with Crippen molar-refractivity contribution in [3.63, 3.8) is 0 Å². The van der Waals surface area contributed by atoms with Crippen LogP contribution < -0.4 is 15.4 Å². The fourth-order valence-electron chi connectivity index (χ4n) is 7.92. The number of imide groups is 1. The molecule has 0 saturated carbocycles. The number of anilines is 1. The second kappa shape index (κ2) is 16.4. The maximum atomic E-state index is 13.2. The van der Waals surface area contributed by atoms with Crippen LogP contribution in [0, 0.1) is 0 Å². The zero-order valence-corrected chi connectivity index (χ0v) is 31.5. The van der Waals surface area contributed by atoms with Crippen molar-refractivity contribution in [3.05, 3.63) is 89.1 Å². The Kier molecular flexibility index (Phi) is 11.4. The number of alkyl halides is 3. The highest BCUT2D eigenvalue weighted by molar-refractivity contribution is 6.04. The van der Waals surface area contributed by atoms with Gasteiger partial charge in [-0.05, 0) is 88.2 Å². The monoisotopic (exact) mass is 773 g/mol. The Morgan fingerprint density at radius 2 is 1.61 bits per heavy atom. The smallest absolute Gasteiger partial charge is 0.433 e. The number of benzene rings is 1. The molecule has 4 aromatic rings. The molecule has 3 aliphatic rings. The number of rotatable bonds is 10. The summed E-state index contributed by atoms with van der Waals surface area (Å²) in [6.07, 6.45) is 3.50. The average molecular weight is 774 g/mol. The van der Waals surface area contributed by atoms with Crippen molar-refractivity contribution in [2.75, 3.05) is 38.0 Å². The maximum Gasteiger partial charge on any atom is 0.433 e. The van der Waals surface area contributed by atoms with Crippen LogP contribution >= 0.6 is 0 Å². The third kappa shape index (κ3) is 9.04. The number of nitrogens with zero attached hydrogens (tertiary/aromatic N) is 5. The molecule has 0 radical (unpaired) electrons. The van der Waals surface area contributed by atoms with E-state index in [1.54, 1.807) is 16.7 Å². The minimum atomic E-state index is -4.68. The topological polar surface area (TPSA) is 138 Å². The van der Waals surface area contributed by atoms with E-state index < -0.39 is 17.8 Å². The lowest BCUT2D eigenvalue weighted by atomic mass is 9.86. The molecular formula is C41H46F3N7O5. The molecule has 3 aliphatic heterocycles. The number of hydrogen-bond acceptors (Lipinski definition) is 8. The minimum Gasteiger partial charge on any atom is -0.489 e. The first-order valence-electron chi connectivity index (χ1n) is 19.3. The van der Waals surface area contributed by atoms with E-state index >= 15 is 0 Å². The predicted molar refractivity (Wildman–Crippen MR) is 201 cm³/mol. The first-order chi connectivity index (χ1) is 26.8. The number of amides is 4. The standard InChI is InChI=1S/C41H46F3N7O5/c1-25(2)56-34-22-36-46-32(23-51(36)24-33(34)47-40(55)31-4-3-5-35(45-31)41(42,43)44)29-12-17-49(18-13-29)19-16-38(53)50-20-14-27(15-21-50)26-6-8-28(9-7-26)30-10-11-37(52)48-39(30)54/h3-9,22-25,27,29-30H,10-21H2,1-2H3,(H,47,55)(H,48,52,54). The minimum absolute atomic E-state index is 0.172. The van der Waals surface area contributed by atoms with E-state index in [1.165, 1.54) is 11.6 Å². The number of aromatic nitrogens is 3. The van der Waals surface area contributed by atoms with Crippen molar-refractivity contribution in [3.8, 4) is 5.75 Å².